The van der Waals surface area contributed by atoms with Gasteiger partial charge < -0.3 is 10.2 Å². The molecule has 0 saturated heterocycles. The van der Waals surface area contributed by atoms with Gasteiger partial charge in [-0.3, -0.25) is 0 Å². The average molecular weight is 307 g/mol. The lowest BCUT2D eigenvalue weighted by Gasteiger charge is -2.20. The molecule has 0 heterocycles. The number of anilines is 1. The number of hydrogen-bond acceptors (Lipinski definition) is 2. The van der Waals surface area contributed by atoms with Gasteiger partial charge in [0.25, 0.3) is 0 Å². The molecule has 0 aliphatic rings. The highest BCUT2D eigenvalue weighted by Gasteiger charge is 2.13. The van der Waals surface area contributed by atoms with Crippen molar-refractivity contribution in [3.8, 4) is 0 Å². The number of likely N-dealkylation sites (N-methyl/N-ethyl adjacent to an activating group) is 1. The van der Waals surface area contributed by atoms with Gasteiger partial charge in [0.15, 0.2) is 0 Å². The first-order valence-electron chi connectivity index (χ1n) is 6.89. The maximum Gasteiger partial charge on any atom is 0.123 e. The van der Waals surface area contributed by atoms with Crippen molar-refractivity contribution in [2.24, 2.45) is 0 Å². The first-order chi connectivity index (χ1) is 10.0. The van der Waals surface area contributed by atoms with E-state index in [2.05, 4.69) is 28.4 Å². The largest absolute Gasteiger partial charge is 0.378 e. The van der Waals surface area contributed by atoms with Crippen molar-refractivity contribution in [1.82, 2.24) is 5.32 Å². The Morgan fingerprint density at radius 3 is 2.62 bits per heavy atom. The molecule has 0 aliphatic heterocycles. The van der Waals surface area contributed by atoms with Crippen LogP contribution in [0.1, 0.15) is 17.2 Å². The van der Waals surface area contributed by atoms with Crippen LogP contribution in [0.5, 0.6) is 0 Å². The zero-order valence-corrected chi connectivity index (χ0v) is 13.3. The number of hydrogen-bond donors (Lipinski definition) is 1. The van der Waals surface area contributed by atoms with E-state index in [0.717, 1.165) is 16.8 Å². The molecule has 0 fully saturated rings. The predicted octanol–water partition coefficient (Wildman–Crippen LogP) is 4.05. The van der Waals surface area contributed by atoms with E-state index in [0.29, 0.717) is 11.4 Å². The van der Waals surface area contributed by atoms with E-state index in [1.807, 2.05) is 27.2 Å². The summed E-state index contributed by atoms with van der Waals surface area (Å²) in [7, 11) is 5.92. The summed E-state index contributed by atoms with van der Waals surface area (Å²) in [5, 5.41) is 3.88. The summed E-state index contributed by atoms with van der Waals surface area (Å²) < 4.78 is 13.4. The standard InChI is InChI=1S/C17H20ClFN2/c1-20-17(11-13-9-14(19)7-8-16(13)18)12-5-4-6-15(10-12)21(2)3/h4-10,17,20H,11H2,1-3H3. The van der Waals surface area contributed by atoms with Crippen LogP contribution >= 0.6 is 11.6 Å². The molecule has 1 atom stereocenters. The zero-order valence-electron chi connectivity index (χ0n) is 12.5. The Bertz CT molecular complexity index is 613. The second-order valence-electron chi connectivity index (χ2n) is 5.27. The molecule has 21 heavy (non-hydrogen) atoms. The second kappa shape index (κ2) is 6.92. The molecule has 0 saturated carbocycles. The van der Waals surface area contributed by atoms with Crippen molar-refractivity contribution in [1.29, 1.82) is 0 Å². The molecule has 0 bridgehead atoms. The third-order valence-corrected chi connectivity index (χ3v) is 3.94. The Balaban J connectivity index is 2.27. The first-order valence-corrected chi connectivity index (χ1v) is 7.27. The highest BCUT2D eigenvalue weighted by Crippen LogP contribution is 2.26. The van der Waals surface area contributed by atoms with Crippen molar-refractivity contribution >= 4 is 17.3 Å². The number of benzene rings is 2. The molecule has 0 aromatic heterocycles. The van der Waals surface area contributed by atoms with Crippen molar-refractivity contribution in [2.75, 3.05) is 26.0 Å². The maximum absolute atomic E-state index is 13.4. The summed E-state index contributed by atoms with van der Waals surface area (Å²) in [5.41, 5.74) is 3.10. The molecule has 0 spiro atoms. The molecule has 2 rings (SSSR count). The van der Waals surface area contributed by atoms with Crippen LogP contribution < -0.4 is 10.2 Å². The lowest BCUT2D eigenvalue weighted by atomic mass is 9.98. The lowest BCUT2D eigenvalue weighted by molar-refractivity contribution is 0.584. The molecule has 0 aliphatic carbocycles. The predicted molar refractivity (Wildman–Crippen MR) is 87.7 cm³/mol. The topological polar surface area (TPSA) is 15.3 Å². The highest BCUT2D eigenvalue weighted by atomic mass is 35.5. The number of rotatable bonds is 5. The van der Waals surface area contributed by atoms with Crippen LogP contribution in [0.4, 0.5) is 10.1 Å². The Labute approximate surface area is 130 Å². The summed E-state index contributed by atoms with van der Waals surface area (Å²) in [6.07, 6.45) is 0.643. The first kappa shape index (κ1) is 15.8. The van der Waals surface area contributed by atoms with Crippen LogP contribution in [-0.4, -0.2) is 21.1 Å². The minimum atomic E-state index is -0.258. The summed E-state index contributed by atoms with van der Waals surface area (Å²) in [6.45, 7) is 0. The van der Waals surface area contributed by atoms with Gasteiger partial charge in [-0.15, -0.1) is 0 Å². The van der Waals surface area contributed by atoms with Crippen LogP contribution in [0.25, 0.3) is 0 Å². The quantitative estimate of drug-likeness (QED) is 0.896. The fourth-order valence-corrected chi connectivity index (χ4v) is 2.52. The summed E-state index contributed by atoms with van der Waals surface area (Å²) in [5.74, 6) is -0.258. The van der Waals surface area contributed by atoms with Crippen LogP contribution in [0, 0.1) is 5.82 Å². The molecule has 1 unspecified atom stereocenters. The zero-order chi connectivity index (χ0) is 15.4. The third-order valence-electron chi connectivity index (χ3n) is 3.57. The molecule has 4 heteroatoms. The summed E-state index contributed by atoms with van der Waals surface area (Å²) in [6, 6.07) is 12.9. The third kappa shape index (κ3) is 3.96. The molecule has 2 aromatic carbocycles. The van der Waals surface area contributed by atoms with E-state index in [9.17, 15) is 4.39 Å². The van der Waals surface area contributed by atoms with E-state index >= 15 is 0 Å². The molecule has 0 amide bonds. The van der Waals surface area contributed by atoms with E-state index in [4.69, 9.17) is 11.6 Å². The maximum atomic E-state index is 13.4. The van der Waals surface area contributed by atoms with Gasteiger partial charge in [-0.1, -0.05) is 23.7 Å². The van der Waals surface area contributed by atoms with E-state index in [1.165, 1.54) is 12.1 Å². The molecule has 1 N–H and O–H groups in total. The highest BCUT2D eigenvalue weighted by molar-refractivity contribution is 6.31. The van der Waals surface area contributed by atoms with Crippen molar-refractivity contribution < 1.29 is 4.39 Å². The fraction of sp³-hybridized carbons (Fsp3) is 0.294. The monoisotopic (exact) mass is 306 g/mol. The van der Waals surface area contributed by atoms with Crippen molar-refractivity contribution in [2.45, 2.75) is 12.5 Å². The van der Waals surface area contributed by atoms with Crippen LogP contribution in [-0.2, 0) is 6.42 Å². The summed E-state index contributed by atoms with van der Waals surface area (Å²) >= 11 is 6.16. The Morgan fingerprint density at radius 1 is 1.19 bits per heavy atom. The van der Waals surface area contributed by atoms with Gasteiger partial charge in [0, 0.05) is 30.8 Å². The molecule has 0 radical (unpaired) electrons. The van der Waals surface area contributed by atoms with E-state index in [-0.39, 0.29) is 11.9 Å². The van der Waals surface area contributed by atoms with Gasteiger partial charge in [-0.2, -0.15) is 0 Å². The van der Waals surface area contributed by atoms with Gasteiger partial charge in [0.05, 0.1) is 0 Å². The average Bonchev–Trinajstić information content (AvgIpc) is 2.48. The van der Waals surface area contributed by atoms with Gasteiger partial charge in [0.1, 0.15) is 5.82 Å². The SMILES string of the molecule is CNC(Cc1cc(F)ccc1Cl)c1cccc(N(C)C)c1. The molecule has 2 nitrogen and oxygen atoms in total. The van der Waals surface area contributed by atoms with Gasteiger partial charge in [-0.25, -0.2) is 4.39 Å². The summed E-state index contributed by atoms with van der Waals surface area (Å²) in [4.78, 5) is 2.06. The minimum absolute atomic E-state index is 0.0872. The van der Waals surface area contributed by atoms with Gasteiger partial charge >= 0.3 is 0 Å². The Hall–Kier alpha value is -1.58. The number of nitrogens with one attached hydrogen (secondary N) is 1. The van der Waals surface area contributed by atoms with Crippen LogP contribution in [0.3, 0.4) is 0 Å². The molecule has 112 valence electrons. The van der Waals surface area contributed by atoms with Crippen molar-refractivity contribution in [3.05, 3.63) is 64.4 Å². The molecular formula is C17H20ClFN2. The number of nitrogens with zero attached hydrogens (tertiary/aromatic N) is 1. The van der Waals surface area contributed by atoms with E-state index in [1.54, 1.807) is 6.07 Å². The van der Waals surface area contributed by atoms with Gasteiger partial charge in [-0.05, 0) is 54.9 Å². The Kier molecular flexibility index (Phi) is 5.21. The molecule has 2 aromatic rings. The Morgan fingerprint density at radius 2 is 1.95 bits per heavy atom. The van der Waals surface area contributed by atoms with E-state index < -0.39 is 0 Å². The fourth-order valence-electron chi connectivity index (χ4n) is 2.33. The molecular weight excluding hydrogens is 287 g/mol. The normalized spacial score (nSPS) is 12.2. The smallest absolute Gasteiger partial charge is 0.123 e. The number of halogens is 2. The second-order valence-corrected chi connectivity index (χ2v) is 5.68. The van der Waals surface area contributed by atoms with Gasteiger partial charge in [0.2, 0.25) is 0 Å². The van der Waals surface area contributed by atoms with Crippen LogP contribution in [0.2, 0.25) is 5.02 Å². The lowest BCUT2D eigenvalue weighted by Crippen LogP contribution is -2.19. The minimum Gasteiger partial charge on any atom is -0.378 e. The van der Waals surface area contributed by atoms with Crippen molar-refractivity contribution in [3.63, 3.8) is 0 Å². The van der Waals surface area contributed by atoms with Crippen LogP contribution in [0.15, 0.2) is 42.5 Å².